The van der Waals surface area contributed by atoms with Crippen LogP contribution >= 0.6 is 27.5 Å². The summed E-state index contributed by atoms with van der Waals surface area (Å²) < 4.78 is 14.3. The molecule has 1 N–H and O–H groups in total. The number of carbonyl (C=O) groups excluding carboxylic acids is 2. The largest absolute Gasteiger partial charge is 0.324 e. The molecule has 1 heterocycles. The van der Waals surface area contributed by atoms with Crippen molar-refractivity contribution in [1.82, 2.24) is 4.90 Å². The summed E-state index contributed by atoms with van der Waals surface area (Å²) in [4.78, 5) is 38.4. The molecule has 7 nitrogen and oxygen atoms in total. The van der Waals surface area contributed by atoms with Crippen LogP contribution in [0, 0.1) is 15.9 Å². The minimum atomic E-state index is -0.826. The van der Waals surface area contributed by atoms with E-state index in [1.165, 1.54) is 41.3 Å². The summed E-state index contributed by atoms with van der Waals surface area (Å²) in [5.41, 5.74) is 0.885. The van der Waals surface area contributed by atoms with Gasteiger partial charge in [-0.3, -0.25) is 19.7 Å². The number of carbonyl (C=O) groups is 2. The standard InChI is InChI=1S/C22H14BrClFN3O4/c23-13-3-7-18-16(9-13)21(12-1-5-15(25)6-2-12)27(11-20(29)26-18)22(30)17-10-14(24)4-8-19(17)28(31)32/h1-10,21H,11H2,(H,26,29). The van der Waals surface area contributed by atoms with E-state index in [-0.39, 0.29) is 17.1 Å². The third-order valence-corrected chi connectivity index (χ3v) is 5.77. The molecule has 1 unspecified atom stereocenters. The van der Waals surface area contributed by atoms with Gasteiger partial charge in [0.25, 0.3) is 11.6 Å². The van der Waals surface area contributed by atoms with Gasteiger partial charge >= 0.3 is 0 Å². The predicted molar refractivity (Wildman–Crippen MR) is 120 cm³/mol. The zero-order chi connectivity index (χ0) is 23.0. The van der Waals surface area contributed by atoms with Crippen LogP contribution < -0.4 is 5.32 Å². The Bertz CT molecular complexity index is 1250. The van der Waals surface area contributed by atoms with E-state index in [9.17, 15) is 24.1 Å². The van der Waals surface area contributed by atoms with Crippen LogP contribution in [0.1, 0.15) is 27.5 Å². The minimum Gasteiger partial charge on any atom is -0.324 e. The van der Waals surface area contributed by atoms with Gasteiger partial charge in [0.15, 0.2) is 0 Å². The molecule has 10 heteroatoms. The number of amides is 2. The van der Waals surface area contributed by atoms with Crippen molar-refractivity contribution in [2.45, 2.75) is 6.04 Å². The molecule has 0 fully saturated rings. The maximum atomic E-state index is 13.6. The number of nitro benzene ring substituents is 1. The van der Waals surface area contributed by atoms with E-state index in [1.54, 1.807) is 18.2 Å². The van der Waals surface area contributed by atoms with Crippen LogP contribution in [0.2, 0.25) is 5.02 Å². The summed E-state index contributed by atoms with van der Waals surface area (Å²) in [6.45, 7) is -0.378. The highest BCUT2D eigenvalue weighted by molar-refractivity contribution is 9.10. The van der Waals surface area contributed by atoms with Crippen molar-refractivity contribution in [3.05, 3.63) is 103 Å². The van der Waals surface area contributed by atoms with Crippen LogP contribution in [0.5, 0.6) is 0 Å². The lowest BCUT2D eigenvalue weighted by Crippen LogP contribution is -2.39. The van der Waals surface area contributed by atoms with E-state index in [0.717, 1.165) is 6.07 Å². The second-order valence-electron chi connectivity index (χ2n) is 7.09. The highest BCUT2D eigenvalue weighted by atomic mass is 79.9. The molecular weight excluding hydrogens is 505 g/mol. The molecular formula is C22H14BrClFN3O4. The number of nitrogens with zero attached hydrogens (tertiary/aromatic N) is 2. The third kappa shape index (κ3) is 4.21. The molecule has 0 aliphatic carbocycles. The number of nitrogens with one attached hydrogen (secondary N) is 1. The van der Waals surface area contributed by atoms with E-state index in [1.807, 2.05) is 0 Å². The van der Waals surface area contributed by atoms with Crippen molar-refractivity contribution in [2.75, 3.05) is 11.9 Å². The SMILES string of the molecule is O=C1CN(C(=O)c2cc(Cl)ccc2[N+](=O)[O-])C(c2ccc(F)cc2)c2cc(Br)ccc2N1. The summed E-state index contributed by atoms with van der Waals surface area (Å²) >= 11 is 9.42. The van der Waals surface area contributed by atoms with Gasteiger partial charge in [0.2, 0.25) is 5.91 Å². The maximum Gasteiger partial charge on any atom is 0.282 e. The summed E-state index contributed by atoms with van der Waals surface area (Å²) in [7, 11) is 0. The van der Waals surface area contributed by atoms with Crippen molar-refractivity contribution in [3.8, 4) is 0 Å². The second-order valence-corrected chi connectivity index (χ2v) is 8.44. The van der Waals surface area contributed by atoms with Gasteiger partial charge in [-0.25, -0.2) is 4.39 Å². The van der Waals surface area contributed by atoms with E-state index >= 15 is 0 Å². The molecule has 0 saturated carbocycles. The van der Waals surface area contributed by atoms with Crippen LogP contribution in [0.4, 0.5) is 15.8 Å². The van der Waals surface area contributed by atoms with Crippen molar-refractivity contribution in [1.29, 1.82) is 0 Å². The molecule has 0 saturated heterocycles. The van der Waals surface area contributed by atoms with Crippen molar-refractivity contribution >= 4 is 50.7 Å². The van der Waals surface area contributed by atoms with E-state index in [0.29, 0.717) is 21.3 Å². The average molecular weight is 519 g/mol. The Balaban J connectivity index is 1.93. The van der Waals surface area contributed by atoms with Crippen molar-refractivity contribution < 1.29 is 18.9 Å². The van der Waals surface area contributed by atoms with Crippen LogP contribution in [-0.2, 0) is 4.79 Å². The molecule has 4 rings (SSSR count). The number of rotatable bonds is 3. The van der Waals surface area contributed by atoms with Crippen LogP contribution in [-0.4, -0.2) is 28.2 Å². The first kappa shape index (κ1) is 21.9. The monoisotopic (exact) mass is 517 g/mol. The molecule has 1 aliphatic heterocycles. The van der Waals surface area contributed by atoms with E-state index < -0.39 is 34.3 Å². The first-order valence-corrected chi connectivity index (χ1v) is 10.5. The normalized spacial score (nSPS) is 15.5. The lowest BCUT2D eigenvalue weighted by Gasteiger charge is -2.30. The predicted octanol–water partition coefficient (Wildman–Crippen LogP) is 5.33. The lowest BCUT2D eigenvalue weighted by atomic mass is 9.95. The van der Waals surface area contributed by atoms with Crippen LogP contribution in [0.25, 0.3) is 0 Å². The maximum absolute atomic E-state index is 13.6. The molecule has 2 amide bonds. The zero-order valence-electron chi connectivity index (χ0n) is 16.2. The van der Waals surface area contributed by atoms with Gasteiger partial charge in [-0.15, -0.1) is 0 Å². The van der Waals surface area contributed by atoms with Gasteiger partial charge in [0.05, 0.1) is 11.0 Å². The van der Waals surface area contributed by atoms with Gasteiger partial charge in [0.1, 0.15) is 17.9 Å². The quantitative estimate of drug-likeness (QED) is 0.374. The van der Waals surface area contributed by atoms with Gasteiger partial charge < -0.3 is 10.2 Å². The first-order chi connectivity index (χ1) is 15.2. The van der Waals surface area contributed by atoms with Crippen LogP contribution in [0.3, 0.4) is 0 Å². The third-order valence-electron chi connectivity index (χ3n) is 5.04. The second kappa shape index (κ2) is 8.68. The molecule has 0 bridgehead atoms. The number of fused-ring (bicyclic) bond motifs is 1. The molecule has 32 heavy (non-hydrogen) atoms. The Morgan fingerprint density at radius 3 is 2.56 bits per heavy atom. The smallest absolute Gasteiger partial charge is 0.282 e. The lowest BCUT2D eigenvalue weighted by molar-refractivity contribution is -0.385. The molecule has 0 radical (unpaired) electrons. The van der Waals surface area contributed by atoms with Crippen LogP contribution in [0.15, 0.2) is 65.1 Å². The highest BCUT2D eigenvalue weighted by Gasteiger charge is 2.36. The highest BCUT2D eigenvalue weighted by Crippen LogP contribution is 2.39. The Hall–Kier alpha value is -3.30. The topological polar surface area (TPSA) is 92.5 Å². The Kier molecular flexibility index (Phi) is 5.94. The molecule has 3 aromatic rings. The van der Waals surface area contributed by atoms with Crippen molar-refractivity contribution in [3.63, 3.8) is 0 Å². The minimum absolute atomic E-state index is 0.139. The fraction of sp³-hybridized carbons (Fsp3) is 0.0909. The van der Waals surface area contributed by atoms with E-state index in [4.69, 9.17) is 11.6 Å². The molecule has 0 aromatic heterocycles. The molecule has 0 spiro atoms. The van der Waals surface area contributed by atoms with Gasteiger partial charge in [-0.1, -0.05) is 39.7 Å². The molecule has 162 valence electrons. The summed E-state index contributed by atoms with van der Waals surface area (Å²) in [6, 6.07) is 13.5. The number of hydrogen-bond donors (Lipinski definition) is 1. The number of benzene rings is 3. The summed E-state index contributed by atoms with van der Waals surface area (Å²) in [5, 5.41) is 14.4. The fourth-order valence-electron chi connectivity index (χ4n) is 3.66. The number of halogens is 3. The zero-order valence-corrected chi connectivity index (χ0v) is 18.6. The number of nitro groups is 1. The average Bonchev–Trinajstić information content (AvgIpc) is 2.89. The Morgan fingerprint density at radius 1 is 1.16 bits per heavy atom. The van der Waals surface area contributed by atoms with Gasteiger partial charge in [-0.05, 0) is 48.0 Å². The van der Waals surface area contributed by atoms with E-state index in [2.05, 4.69) is 21.2 Å². The van der Waals surface area contributed by atoms with Crippen molar-refractivity contribution in [2.24, 2.45) is 0 Å². The Morgan fingerprint density at radius 2 is 1.88 bits per heavy atom. The Labute approximate surface area is 195 Å². The first-order valence-electron chi connectivity index (χ1n) is 9.34. The molecule has 3 aromatic carbocycles. The molecule has 1 atom stereocenters. The van der Waals surface area contributed by atoms with Gasteiger partial charge in [-0.2, -0.15) is 0 Å². The summed E-state index contributed by atoms with van der Waals surface area (Å²) in [6.07, 6.45) is 0. The fourth-order valence-corrected chi connectivity index (χ4v) is 4.22. The van der Waals surface area contributed by atoms with Gasteiger partial charge in [0, 0.05) is 26.8 Å². The summed E-state index contributed by atoms with van der Waals surface area (Å²) in [5.74, 6) is -1.69. The number of hydrogen-bond acceptors (Lipinski definition) is 4. The molecule has 1 aliphatic rings. The number of anilines is 1.